The zero-order valence-corrected chi connectivity index (χ0v) is 15.1. The summed E-state index contributed by atoms with van der Waals surface area (Å²) in [7, 11) is 2.05. The van der Waals surface area contributed by atoms with Crippen molar-refractivity contribution in [2.45, 2.75) is 44.4 Å². The molecule has 1 aliphatic carbocycles. The second-order valence-electron chi connectivity index (χ2n) is 5.97. The predicted octanol–water partition coefficient (Wildman–Crippen LogP) is 4.19. The molecule has 0 bridgehead atoms. The van der Waals surface area contributed by atoms with Gasteiger partial charge in [0.15, 0.2) is 0 Å². The summed E-state index contributed by atoms with van der Waals surface area (Å²) in [5.74, 6) is 1.20. The van der Waals surface area contributed by atoms with Crippen molar-refractivity contribution in [3.63, 3.8) is 0 Å². The number of carbonyl (C=O) groups is 1. The van der Waals surface area contributed by atoms with Crippen molar-refractivity contribution in [3.8, 4) is 0 Å². The van der Waals surface area contributed by atoms with Crippen molar-refractivity contribution in [3.05, 3.63) is 28.8 Å². The summed E-state index contributed by atoms with van der Waals surface area (Å²) < 4.78 is 0. The smallest absolute Gasteiger partial charge is 0.238 e. The van der Waals surface area contributed by atoms with Crippen LogP contribution in [0.5, 0.6) is 0 Å². The third-order valence-electron chi connectivity index (χ3n) is 4.25. The topological polar surface area (TPSA) is 32.3 Å². The maximum Gasteiger partial charge on any atom is 0.238 e. The van der Waals surface area contributed by atoms with E-state index in [1.165, 1.54) is 25.0 Å². The van der Waals surface area contributed by atoms with Gasteiger partial charge < -0.3 is 5.32 Å². The number of nitrogens with one attached hydrogen (secondary N) is 1. The Kier molecular flexibility index (Phi) is 6.60. The molecule has 0 spiro atoms. The van der Waals surface area contributed by atoms with Crippen LogP contribution in [0.3, 0.4) is 0 Å². The van der Waals surface area contributed by atoms with E-state index in [0.717, 1.165) is 16.5 Å². The molecule has 0 saturated heterocycles. The van der Waals surface area contributed by atoms with Gasteiger partial charge in [-0.15, -0.1) is 0 Å². The highest BCUT2D eigenvalue weighted by atomic mass is 35.5. The summed E-state index contributed by atoms with van der Waals surface area (Å²) in [6.45, 7) is 4.61. The minimum atomic E-state index is 0.0273. The first kappa shape index (κ1) is 17.6. The van der Waals surface area contributed by atoms with Gasteiger partial charge in [0.25, 0.3) is 0 Å². The van der Waals surface area contributed by atoms with Crippen LogP contribution in [0, 0.1) is 6.92 Å². The molecule has 122 valence electrons. The van der Waals surface area contributed by atoms with Crippen molar-refractivity contribution in [1.82, 2.24) is 4.90 Å². The lowest BCUT2D eigenvalue weighted by molar-refractivity contribution is -0.117. The zero-order valence-electron chi connectivity index (χ0n) is 13.6. The molecule has 0 heterocycles. The first-order valence-corrected chi connectivity index (χ1v) is 9.30. The zero-order chi connectivity index (χ0) is 16.1. The number of hydrogen-bond acceptors (Lipinski definition) is 3. The van der Waals surface area contributed by atoms with Gasteiger partial charge in [-0.1, -0.05) is 24.6 Å². The van der Waals surface area contributed by atoms with Gasteiger partial charge in [0, 0.05) is 22.0 Å². The summed E-state index contributed by atoms with van der Waals surface area (Å²) in [6.07, 6.45) is 3.65. The standard InChI is InChI=1S/C17H25ClN2OS/c1-4-22-15-8-7-14(10-15)20(3)11-17(21)19-16-9-13(18)6-5-12(16)2/h5-6,9,14-15H,4,7-8,10-11H2,1-3H3,(H,19,21)/t14-,15-/m1/s1. The molecule has 1 N–H and O–H groups in total. The number of aryl methyl sites for hydroxylation is 1. The molecule has 5 heteroatoms. The Labute approximate surface area is 142 Å². The molecule has 0 aliphatic heterocycles. The van der Waals surface area contributed by atoms with Gasteiger partial charge in [0.05, 0.1) is 6.54 Å². The Balaban J connectivity index is 1.85. The van der Waals surface area contributed by atoms with E-state index >= 15 is 0 Å². The highest BCUT2D eigenvalue weighted by molar-refractivity contribution is 7.99. The van der Waals surface area contributed by atoms with Crippen LogP contribution in [0.1, 0.15) is 31.7 Å². The Bertz CT molecular complexity index is 523. The molecule has 0 aromatic heterocycles. The van der Waals surface area contributed by atoms with Crippen molar-refractivity contribution in [2.75, 3.05) is 24.7 Å². The van der Waals surface area contributed by atoms with Crippen molar-refractivity contribution < 1.29 is 4.79 Å². The molecular weight excluding hydrogens is 316 g/mol. The summed E-state index contributed by atoms with van der Waals surface area (Å²) in [6, 6.07) is 6.09. The number of rotatable bonds is 6. The molecule has 2 rings (SSSR count). The maximum atomic E-state index is 12.2. The van der Waals surface area contributed by atoms with Crippen LogP contribution < -0.4 is 5.32 Å². The predicted molar refractivity (Wildman–Crippen MR) is 97.0 cm³/mol. The summed E-state index contributed by atoms with van der Waals surface area (Å²) >= 11 is 8.03. The van der Waals surface area contributed by atoms with Crippen LogP contribution in [0.2, 0.25) is 5.02 Å². The van der Waals surface area contributed by atoms with Crippen LogP contribution in [0.4, 0.5) is 5.69 Å². The second-order valence-corrected chi connectivity index (χ2v) is 7.98. The number of thioether (sulfide) groups is 1. The maximum absolute atomic E-state index is 12.2. The SMILES string of the molecule is CCS[C@@H]1CC[C@@H](N(C)CC(=O)Nc2cc(Cl)ccc2C)C1. The summed E-state index contributed by atoms with van der Waals surface area (Å²) in [5.41, 5.74) is 1.83. The van der Waals surface area contributed by atoms with E-state index in [-0.39, 0.29) is 5.91 Å². The Morgan fingerprint density at radius 1 is 1.45 bits per heavy atom. The van der Waals surface area contributed by atoms with E-state index < -0.39 is 0 Å². The molecule has 22 heavy (non-hydrogen) atoms. The lowest BCUT2D eigenvalue weighted by Crippen LogP contribution is -2.37. The van der Waals surface area contributed by atoms with Gasteiger partial charge in [0.1, 0.15) is 0 Å². The van der Waals surface area contributed by atoms with E-state index in [0.29, 0.717) is 17.6 Å². The van der Waals surface area contributed by atoms with E-state index in [9.17, 15) is 4.79 Å². The minimum absolute atomic E-state index is 0.0273. The highest BCUT2D eigenvalue weighted by Gasteiger charge is 2.28. The molecule has 1 aliphatic rings. The quantitative estimate of drug-likeness (QED) is 0.842. The lowest BCUT2D eigenvalue weighted by Gasteiger charge is -2.24. The van der Waals surface area contributed by atoms with Crippen molar-refractivity contribution in [2.24, 2.45) is 0 Å². The third kappa shape index (κ3) is 4.90. The van der Waals surface area contributed by atoms with Crippen molar-refractivity contribution >= 4 is 35.0 Å². The highest BCUT2D eigenvalue weighted by Crippen LogP contribution is 2.32. The first-order valence-electron chi connectivity index (χ1n) is 7.87. The molecule has 1 saturated carbocycles. The number of hydrogen-bond donors (Lipinski definition) is 1. The fraction of sp³-hybridized carbons (Fsp3) is 0.588. The summed E-state index contributed by atoms with van der Waals surface area (Å²) in [5, 5.41) is 4.37. The number of amides is 1. The van der Waals surface area contributed by atoms with E-state index in [4.69, 9.17) is 11.6 Å². The molecule has 0 radical (unpaired) electrons. The normalized spacial score (nSPS) is 21.3. The number of likely N-dealkylation sites (N-methyl/N-ethyl adjacent to an activating group) is 1. The van der Waals surface area contributed by atoms with Crippen molar-refractivity contribution in [1.29, 1.82) is 0 Å². The number of carbonyl (C=O) groups excluding carboxylic acids is 1. The van der Waals surface area contributed by atoms with Gasteiger partial charge in [0.2, 0.25) is 5.91 Å². The van der Waals surface area contributed by atoms with Crippen LogP contribution in [0.25, 0.3) is 0 Å². The largest absolute Gasteiger partial charge is 0.325 e. The second kappa shape index (κ2) is 8.23. The Morgan fingerprint density at radius 3 is 2.95 bits per heavy atom. The molecule has 1 aromatic carbocycles. The number of nitrogens with zero attached hydrogens (tertiary/aromatic N) is 1. The summed E-state index contributed by atoms with van der Waals surface area (Å²) in [4.78, 5) is 14.4. The molecule has 3 nitrogen and oxygen atoms in total. The van der Waals surface area contributed by atoms with Gasteiger partial charge in [-0.3, -0.25) is 9.69 Å². The first-order chi connectivity index (χ1) is 10.5. The average Bonchev–Trinajstić information content (AvgIpc) is 2.92. The van der Waals surface area contributed by atoms with Gasteiger partial charge in [-0.25, -0.2) is 0 Å². The Morgan fingerprint density at radius 2 is 2.23 bits per heavy atom. The van der Waals surface area contributed by atoms with E-state index in [2.05, 4.69) is 17.1 Å². The van der Waals surface area contributed by atoms with E-state index in [1.807, 2.05) is 37.9 Å². The minimum Gasteiger partial charge on any atom is -0.325 e. The third-order valence-corrected chi connectivity index (χ3v) is 5.72. The number of anilines is 1. The van der Waals surface area contributed by atoms with Crippen LogP contribution >= 0.6 is 23.4 Å². The Hall–Kier alpha value is -0.710. The molecular formula is C17H25ClN2OS. The molecule has 0 unspecified atom stereocenters. The average molecular weight is 341 g/mol. The van der Waals surface area contributed by atoms with Crippen LogP contribution in [-0.2, 0) is 4.79 Å². The molecule has 2 atom stereocenters. The molecule has 1 amide bonds. The number of benzene rings is 1. The van der Waals surface area contributed by atoms with Gasteiger partial charge in [-0.2, -0.15) is 11.8 Å². The van der Waals surface area contributed by atoms with Gasteiger partial charge in [-0.05, 0) is 56.7 Å². The van der Waals surface area contributed by atoms with Crippen LogP contribution in [0.15, 0.2) is 18.2 Å². The van der Waals surface area contributed by atoms with Crippen LogP contribution in [-0.4, -0.2) is 41.4 Å². The number of halogens is 1. The fourth-order valence-electron chi connectivity index (χ4n) is 2.98. The fourth-order valence-corrected chi connectivity index (χ4v) is 4.28. The van der Waals surface area contributed by atoms with E-state index in [1.54, 1.807) is 6.07 Å². The lowest BCUT2D eigenvalue weighted by atomic mass is 10.2. The van der Waals surface area contributed by atoms with Gasteiger partial charge >= 0.3 is 0 Å². The molecule has 1 aromatic rings. The molecule has 1 fully saturated rings. The monoisotopic (exact) mass is 340 g/mol.